The fourth-order valence-electron chi connectivity index (χ4n) is 6.36. The molecule has 5 aromatic rings. The molecule has 0 bridgehead atoms. The van der Waals surface area contributed by atoms with Crippen molar-refractivity contribution in [2.24, 2.45) is 0 Å². The molecular formula is C42H42O6. The van der Waals surface area contributed by atoms with Crippen LogP contribution in [0.1, 0.15) is 40.7 Å². The van der Waals surface area contributed by atoms with Gasteiger partial charge in [0.15, 0.2) is 0 Å². The smallest absolute Gasteiger partial charge is 0.229 e. The highest BCUT2D eigenvalue weighted by Gasteiger charge is 2.63. The third-order valence-corrected chi connectivity index (χ3v) is 9.11. The Morgan fingerprint density at radius 2 is 1.08 bits per heavy atom. The maximum absolute atomic E-state index is 6.94. The van der Waals surface area contributed by atoms with Crippen LogP contribution in [0, 0.1) is 0 Å². The van der Waals surface area contributed by atoms with Crippen molar-refractivity contribution in [2.45, 2.75) is 69.3 Å². The Morgan fingerprint density at radius 3 is 1.65 bits per heavy atom. The quantitative estimate of drug-likeness (QED) is 0.121. The molecule has 246 valence electrons. The molecule has 6 heteroatoms. The molecule has 4 atom stereocenters. The molecule has 5 aromatic carbocycles. The van der Waals surface area contributed by atoms with Gasteiger partial charge in [-0.25, -0.2) is 0 Å². The van der Waals surface area contributed by atoms with E-state index in [1.807, 2.05) is 84.9 Å². The van der Waals surface area contributed by atoms with E-state index in [-0.39, 0.29) is 6.10 Å². The Bertz CT molecular complexity index is 1710. The van der Waals surface area contributed by atoms with E-state index in [0.717, 1.165) is 52.2 Å². The minimum atomic E-state index is -0.717. The van der Waals surface area contributed by atoms with E-state index in [4.69, 9.17) is 28.4 Å². The lowest BCUT2D eigenvalue weighted by Crippen LogP contribution is -2.62. The molecule has 0 amide bonds. The van der Waals surface area contributed by atoms with Gasteiger partial charge in [-0.05, 0) is 58.9 Å². The third-order valence-electron chi connectivity index (χ3n) is 9.11. The molecule has 1 saturated heterocycles. The highest BCUT2D eigenvalue weighted by Crippen LogP contribution is 2.51. The summed E-state index contributed by atoms with van der Waals surface area (Å²) in [5.41, 5.74) is 4.93. The number of ether oxygens (including phenoxy) is 6. The Morgan fingerprint density at radius 1 is 0.562 bits per heavy atom. The first kappa shape index (κ1) is 32.1. The van der Waals surface area contributed by atoms with E-state index in [1.54, 1.807) is 7.11 Å². The van der Waals surface area contributed by atoms with Crippen molar-refractivity contribution in [2.75, 3.05) is 7.11 Å². The second kappa shape index (κ2) is 15.2. The standard InChI is InChI=1S/C42H42O6/c1-43-36-23-21-31(22-24-36)27-35-19-11-12-20-37(35)47-41-39(45-29-33-15-7-3-8-16-33)38(44-28-32-13-5-2-6-14-32)40(42(48-41)25-26-42)46-30-34-17-9-4-10-18-34/h2-24,38-41H,25-30H2,1H3/t38-,39-,40+,41?/m1/s1. The van der Waals surface area contributed by atoms with Crippen LogP contribution in [0.25, 0.3) is 0 Å². The van der Waals surface area contributed by atoms with Gasteiger partial charge in [-0.2, -0.15) is 0 Å². The average Bonchev–Trinajstić information content (AvgIpc) is 3.91. The van der Waals surface area contributed by atoms with E-state index in [2.05, 4.69) is 54.6 Å². The number of rotatable bonds is 14. The van der Waals surface area contributed by atoms with E-state index in [9.17, 15) is 0 Å². The van der Waals surface area contributed by atoms with Crippen molar-refractivity contribution in [3.8, 4) is 11.5 Å². The second-order valence-electron chi connectivity index (χ2n) is 12.5. The fraction of sp³-hybridized carbons (Fsp3) is 0.286. The minimum Gasteiger partial charge on any atom is -0.497 e. The van der Waals surface area contributed by atoms with Crippen LogP contribution in [0.15, 0.2) is 140 Å². The Hall–Kier alpha value is -4.46. The van der Waals surface area contributed by atoms with Crippen LogP contribution in [0.5, 0.6) is 11.5 Å². The zero-order valence-electron chi connectivity index (χ0n) is 27.3. The van der Waals surface area contributed by atoms with E-state index in [1.165, 1.54) is 0 Å². The van der Waals surface area contributed by atoms with E-state index >= 15 is 0 Å². The normalized spacial score (nSPS) is 21.1. The lowest BCUT2D eigenvalue weighted by Gasteiger charge is -2.46. The molecule has 1 heterocycles. The summed E-state index contributed by atoms with van der Waals surface area (Å²) in [7, 11) is 1.68. The fourth-order valence-corrected chi connectivity index (χ4v) is 6.36. The number of methoxy groups -OCH3 is 1. The van der Waals surface area contributed by atoms with Crippen LogP contribution >= 0.6 is 0 Å². The Labute approximate surface area is 283 Å². The van der Waals surface area contributed by atoms with Gasteiger partial charge < -0.3 is 28.4 Å². The summed E-state index contributed by atoms with van der Waals surface area (Å²) in [6.07, 6.45) is 0.321. The zero-order chi connectivity index (χ0) is 32.6. The van der Waals surface area contributed by atoms with Crippen molar-refractivity contribution in [3.63, 3.8) is 0 Å². The maximum Gasteiger partial charge on any atom is 0.229 e. The summed E-state index contributed by atoms with van der Waals surface area (Å²) < 4.78 is 39.5. The molecule has 1 saturated carbocycles. The van der Waals surface area contributed by atoms with Crippen molar-refractivity contribution in [3.05, 3.63) is 167 Å². The molecule has 1 aliphatic heterocycles. The van der Waals surface area contributed by atoms with Crippen molar-refractivity contribution < 1.29 is 28.4 Å². The van der Waals surface area contributed by atoms with E-state index in [0.29, 0.717) is 26.2 Å². The lowest BCUT2D eigenvalue weighted by molar-refractivity contribution is -0.313. The number of benzene rings is 5. The lowest BCUT2D eigenvalue weighted by atomic mass is 9.95. The Balaban J connectivity index is 1.20. The van der Waals surface area contributed by atoms with Crippen molar-refractivity contribution in [1.82, 2.24) is 0 Å². The van der Waals surface area contributed by atoms with Crippen molar-refractivity contribution in [1.29, 1.82) is 0 Å². The molecule has 0 N–H and O–H groups in total. The minimum absolute atomic E-state index is 0.350. The van der Waals surface area contributed by atoms with Gasteiger partial charge in [0.05, 0.1) is 26.9 Å². The van der Waals surface area contributed by atoms with E-state index < -0.39 is 24.1 Å². The molecule has 2 fully saturated rings. The summed E-state index contributed by atoms with van der Waals surface area (Å²) in [4.78, 5) is 0. The van der Waals surface area contributed by atoms with Gasteiger partial charge in [-0.15, -0.1) is 0 Å². The topological polar surface area (TPSA) is 55.4 Å². The first-order valence-electron chi connectivity index (χ1n) is 16.7. The predicted molar refractivity (Wildman–Crippen MR) is 185 cm³/mol. The predicted octanol–water partition coefficient (Wildman–Crippen LogP) is 8.31. The molecule has 1 aliphatic carbocycles. The average molecular weight is 643 g/mol. The molecule has 48 heavy (non-hydrogen) atoms. The molecule has 6 nitrogen and oxygen atoms in total. The van der Waals surface area contributed by atoms with Gasteiger partial charge in [-0.1, -0.05) is 121 Å². The number of para-hydroxylation sites is 1. The molecule has 1 spiro atoms. The zero-order valence-corrected chi connectivity index (χ0v) is 27.3. The molecule has 1 unspecified atom stereocenters. The monoisotopic (exact) mass is 642 g/mol. The van der Waals surface area contributed by atoms with Crippen LogP contribution in [0.2, 0.25) is 0 Å². The Kier molecular flexibility index (Phi) is 10.2. The van der Waals surface area contributed by atoms with Gasteiger partial charge in [0.2, 0.25) is 6.29 Å². The number of hydrogen-bond donors (Lipinski definition) is 0. The molecule has 7 rings (SSSR count). The van der Waals surface area contributed by atoms with Crippen LogP contribution in [0.4, 0.5) is 0 Å². The van der Waals surface area contributed by atoms with Gasteiger partial charge >= 0.3 is 0 Å². The number of hydrogen-bond acceptors (Lipinski definition) is 6. The SMILES string of the molecule is COc1ccc(Cc2ccccc2OC2OC3(CC3)[C@@H](OCc3ccccc3)[C@H](OCc3ccccc3)[C@H]2OCc2ccccc2)cc1. The summed E-state index contributed by atoms with van der Waals surface area (Å²) in [6, 6.07) is 46.9. The van der Waals surface area contributed by atoms with Crippen LogP contribution in [-0.4, -0.2) is 37.3 Å². The third kappa shape index (κ3) is 7.80. The van der Waals surface area contributed by atoms with Crippen LogP contribution in [0.3, 0.4) is 0 Å². The van der Waals surface area contributed by atoms with Crippen LogP contribution < -0.4 is 9.47 Å². The highest BCUT2D eigenvalue weighted by atomic mass is 16.7. The summed E-state index contributed by atoms with van der Waals surface area (Å²) in [6.45, 7) is 1.24. The highest BCUT2D eigenvalue weighted by molar-refractivity contribution is 5.39. The molecule has 0 radical (unpaired) electrons. The van der Waals surface area contributed by atoms with Gasteiger partial charge in [0.25, 0.3) is 0 Å². The first-order valence-corrected chi connectivity index (χ1v) is 16.7. The van der Waals surface area contributed by atoms with Gasteiger partial charge in [0.1, 0.15) is 35.4 Å². The second-order valence-corrected chi connectivity index (χ2v) is 12.5. The summed E-state index contributed by atoms with van der Waals surface area (Å²) in [5.74, 6) is 1.59. The first-order chi connectivity index (χ1) is 23.7. The molecule has 2 aliphatic rings. The van der Waals surface area contributed by atoms with Gasteiger partial charge in [0, 0.05) is 6.42 Å². The largest absolute Gasteiger partial charge is 0.497 e. The van der Waals surface area contributed by atoms with Crippen molar-refractivity contribution >= 4 is 0 Å². The summed E-state index contributed by atoms with van der Waals surface area (Å²) in [5, 5.41) is 0. The van der Waals surface area contributed by atoms with Gasteiger partial charge in [-0.3, -0.25) is 0 Å². The molecule has 0 aromatic heterocycles. The summed E-state index contributed by atoms with van der Waals surface area (Å²) >= 11 is 0. The molecular weight excluding hydrogens is 600 g/mol. The maximum atomic E-state index is 6.94. The van der Waals surface area contributed by atoms with Crippen LogP contribution in [-0.2, 0) is 45.2 Å².